The van der Waals surface area contributed by atoms with E-state index in [0.717, 1.165) is 22.9 Å². The molecule has 0 aliphatic carbocycles. The highest BCUT2D eigenvalue weighted by Gasteiger charge is 2.55. The molecule has 0 aromatic carbocycles. The summed E-state index contributed by atoms with van der Waals surface area (Å²) in [6.45, 7) is 3.35. The lowest BCUT2D eigenvalue weighted by Crippen LogP contribution is -2.71. The van der Waals surface area contributed by atoms with Crippen molar-refractivity contribution in [2.45, 2.75) is 50.3 Å². The molecule has 2 amide bonds. The number of hydrogen-bond acceptors (Lipinski definition) is 18. The third-order valence-electron chi connectivity index (χ3n) is 7.32. The van der Waals surface area contributed by atoms with Gasteiger partial charge in [-0.05, 0) is 33.2 Å². The first-order valence-corrected chi connectivity index (χ1v) is 17.9. The standard InChI is InChI=1S/C25H35N13O7S2.H2O4S/c1-25(2,22(43)44)45-33-13(17-32-24(30)47-34-17)18(39)31-14-19(40)38-15(21(41)42)11(10-46-20(14)38)8-36-9-12(16(27)35(36)3)37(23(28)29)7-5-4-6-26;1-5(2,3)4/h9,14,20,27H,4-8,10,26H2,1-3H3,(H8,28,29,30,31,32,34,39,41,42,43,44);(H2,1,2,3,4)/t14-,20-;/m1./s1. The average Bonchev–Trinajstić information content (AvgIpc) is 3.58. The molecular formula is C25H37N13O11S3. The van der Waals surface area contributed by atoms with Crippen molar-refractivity contribution in [2.24, 2.45) is 23.7 Å². The van der Waals surface area contributed by atoms with E-state index in [2.05, 4.69) is 19.8 Å². The molecule has 0 radical (unpaired) electrons. The van der Waals surface area contributed by atoms with Gasteiger partial charge in [0, 0.05) is 39.8 Å². The van der Waals surface area contributed by atoms with E-state index in [4.69, 9.17) is 50.7 Å². The average molecular weight is 792 g/mol. The number of carboxylic acid groups (broad SMARTS) is 2. The number of carbonyl (C=O) groups is 4. The number of nitrogens with one attached hydrogen (secondary N) is 2. The predicted molar refractivity (Wildman–Crippen MR) is 182 cm³/mol. The third-order valence-corrected chi connectivity index (χ3v) is 9.21. The molecule has 2 atom stereocenters. The smallest absolute Gasteiger partial charge is 0.759 e. The minimum atomic E-state index is -5.17. The fourth-order valence-electron chi connectivity index (χ4n) is 4.67. The Morgan fingerprint density at radius 2 is 1.92 bits per heavy atom. The number of nitrogen functional groups attached to an aromatic ring is 2. The van der Waals surface area contributed by atoms with E-state index in [1.807, 2.05) is 0 Å². The lowest BCUT2D eigenvalue weighted by atomic mass is 10.0. The van der Waals surface area contributed by atoms with Crippen LogP contribution in [0.4, 0.5) is 16.6 Å². The van der Waals surface area contributed by atoms with Gasteiger partial charge in [0.05, 0.1) is 7.05 Å². The fraction of sp³-hybridized carbons (Fsp3) is 0.480. The number of amides is 2. The number of oxime groups is 1. The molecule has 2 aromatic heterocycles. The van der Waals surface area contributed by atoms with Gasteiger partial charge in [0.15, 0.2) is 29.1 Å². The predicted octanol–water partition coefficient (Wildman–Crippen LogP) is -3.44. The molecule has 27 heteroatoms. The van der Waals surface area contributed by atoms with Gasteiger partial charge in [0.1, 0.15) is 17.1 Å². The van der Waals surface area contributed by atoms with E-state index in [-0.39, 0.29) is 36.3 Å². The van der Waals surface area contributed by atoms with Crippen LogP contribution < -0.4 is 37.8 Å². The molecule has 4 heterocycles. The monoisotopic (exact) mass is 791 g/mol. The van der Waals surface area contributed by atoms with Crippen LogP contribution in [0.1, 0.15) is 33.9 Å². The number of carbonyl (C=O) groups excluding carboxylic acids is 2. The number of hydrogen-bond donors (Lipinski definition) is 8. The number of aromatic nitrogens is 4. The van der Waals surface area contributed by atoms with Gasteiger partial charge in [-0.15, -0.1) is 21.1 Å². The van der Waals surface area contributed by atoms with Crippen LogP contribution >= 0.6 is 23.3 Å². The number of unbranched alkanes of at least 4 members (excludes halogenated alkanes) is 1. The summed E-state index contributed by atoms with van der Waals surface area (Å²) in [7, 11) is -3.50. The Bertz CT molecular complexity index is 1910. The number of anilines is 3. The summed E-state index contributed by atoms with van der Waals surface area (Å²) >= 11 is 1.99. The van der Waals surface area contributed by atoms with E-state index in [9.17, 15) is 29.4 Å². The Morgan fingerprint density at radius 3 is 2.44 bits per heavy atom. The second kappa shape index (κ2) is 16.5. The van der Waals surface area contributed by atoms with Crippen LogP contribution in [0.25, 0.3) is 0 Å². The zero-order valence-electron chi connectivity index (χ0n) is 28.7. The number of guanidine groups is 1. The number of nitrogens with two attached hydrogens (primary N) is 4. The molecule has 0 unspecified atom stereocenters. The van der Waals surface area contributed by atoms with Crippen LogP contribution in [-0.2, 0) is 48.0 Å². The molecule has 0 saturated carbocycles. The van der Waals surface area contributed by atoms with Crippen LogP contribution in [-0.4, -0.2) is 118 Å². The Labute approximate surface area is 305 Å². The summed E-state index contributed by atoms with van der Waals surface area (Å²) in [5.74, 6) is -4.34. The number of β-lactam (4-membered cyclic amide) rings is 1. The minimum Gasteiger partial charge on any atom is -0.759 e. The first-order valence-electron chi connectivity index (χ1n) is 14.7. The van der Waals surface area contributed by atoms with Crippen molar-refractivity contribution in [3.63, 3.8) is 0 Å². The van der Waals surface area contributed by atoms with Gasteiger partial charge in [0.2, 0.25) is 23.3 Å². The number of aliphatic carboxylic acids is 2. The molecule has 4 rings (SSSR count). The molecule has 52 heavy (non-hydrogen) atoms. The number of carboxylic acids is 2. The summed E-state index contributed by atoms with van der Waals surface area (Å²) < 4.78 is 41.3. The van der Waals surface area contributed by atoms with Crippen LogP contribution in [0, 0.1) is 5.41 Å². The summed E-state index contributed by atoms with van der Waals surface area (Å²) in [5.41, 5.74) is 21.7. The van der Waals surface area contributed by atoms with Crippen molar-refractivity contribution in [3.05, 3.63) is 23.3 Å². The van der Waals surface area contributed by atoms with E-state index < -0.39 is 56.9 Å². The molecule has 1 saturated heterocycles. The molecule has 24 nitrogen and oxygen atoms in total. The molecule has 12 N–H and O–H groups in total. The van der Waals surface area contributed by atoms with E-state index >= 15 is 0 Å². The van der Waals surface area contributed by atoms with E-state index in [1.54, 1.807) is 22.6 Å². The normalized spacial score (nSPS) is 17.4. The summed E-state index contributed by atoms with van der Waals surface area (Å²) in [4.78, 5) is 62.2. The maximum absolute atomic E-state index is 13.3. The van der Waals surface area contributed by atoms with Crippen LogP contribution in [0.5, 0.6) is 0 Å². The Balaban J connectivity index is 0.00000151. The highest BCUT2D eigenvalue weighted by Crippen LogP contribution is 2.40. The molecule has 286 valence electrons. The van der Waals surface area contributed by atoms with Crippen molar-refractivity contribution in [1.29, 1.82) is 5.41 Å². The van der Waals surface area contributed by atoms with Crippen LogP contribution in [0.15, 0.2) is 22.6 Å². The molecule has 2 aliphatic rings. The van der Waals surface area contributed by atoms with Crippen molar-refractivity contribution >= 4 is 85.8 Å². The largest absolute Gasteiger partial charge is 1.00 e. The zero-order valence-corrected chi connectivity index (χ0v) is 30.2. The Hall–Kier alpha value is -5.09. The first-order chi connectivity index (χ1) is 24.1. The lowest BCUT2D eigenvalue weighted by Gasteiger charge is -2.49. The summed E-state index contributed by atoms with van der Waals surface area (Å²) in [6.07, 6.45) is 3.04. The number of fused-ring (bicyclic) bond motifs is 1. The molecular weight excluding hydrogens is 755 g/mol. The van der Waals surface area contributed by atoms with Gasteiger partial charge in [-0.1, -0.05) is 5.16 Å². The van der Waals surface area contributed by atoms with Crippen LogP contribution in [0.3, 0.4) is 0 Å². The highest BCUT2D eigenvalue weighted by atomic mass is 32.3. The maximum Gasteiger partial charge on any atom is 1.00 e. The molecule has 0 bridgehead atoms. The van der Waals surface area contributed by atoms with E-state index in [0.29, 0.717) is 36.6 Å². The van der Waals surface area contributed by atoms with Gasteiger partial charge >= 0.3 is 13.4 Å². The van der Waals surface area contributed by atoms with Crippen LogP contribution in [0.2, 0.25) is 0 Å². The topological polar surface area (TPSA) is 392 Å². The fourth-order valence-corrected chi connectivity index (χ4v) is 6.44. The quantitative estimate of drug-likeness (QED) is 0.0135. The molecule has 2 aromatic rings. The van der Waals surface area contributed by atoms with Crippen molar-refractivity contribution in [2.75, 3.05) is 35.2 Å². The third kappa shape index (κ3) is 9.82. The second-order valence-electron chi connectivity index (χ2n) is 11.4. The van der Waals surface area contributed by atoms with Crippen molar-refractivity contribution in [1.82, 2.24) is 24.3 Å². The first kappa shape index (κ1) is 41.3. The van der Waals surface area contributed by atoms with Crippen molar-refractivity contribution < 1.29 is 57.9 Å². The highest BCUT2D eigenvalue weighted by molar-refractivity contribution is 8.00. The Morgan fingerprint density at radius 1 is 1.29 bits per heavy atom. The SMILES string of the molecule is Cn1c(N)c(N(CCCCN)C(=N)N)c[n+]1CC1=C(C(=O)O)N2C(=O)[C@@H](NC(=O)C(=NOC(C)(C)C(=O)O)c3nsc(N)n3)[C@H]2SC1.O=S(=O)([O-])[O-].[H+]. The lowest BCUT2D eigenvalue weighted by molar-refractivity contribution is -0.765. The zero-order chi connectivity index (χ0) is 39.3. The minimum absolute atomic E-state index is 0. The van der Waals surface area contributed by atoms with Crippen molar-refractivity contribution in [3.8, 4) is 0 Å². The van der Waals surface area contributed by atoms with E-state index in [1.165, 1.54) is 30.5 Å². The van der Waals surface area contributed by atoms with Gasteiger partial charge in [-0.2, -0.15) is 9.36 Å². The van der Waals surface area contributed by atoms with Gasteiger partial charge < -0.3 is 57.3 Å². The number of rotatable bonds is 14. The molecule has 0 spiro atoms. The number of thioether (sulfide) groups is 1. The summed E-state index contributed by atoms with van der Waals surface area (Å²) in [5, 5.41) is 32.9. The van der Waals surface area contributed by atoms with Gasteiger partial charge in [-0.25, -0.2) is 9.59 Å². The summed E-state index contributed by atoms with van der Waals surface area (Å²) in [6, 6.07) is -1.15. The Kier molecular flexibility index (Phi) is 13.1. The maximum atomic E-state index is 13.3. The molecule has 1 fully saturated rings. The molecule has 2 aliphatic heterocycles. The van der Waals surface area contributed by atoms with Gasteiger partial charge in [-0.3, -0.25) is 28.3 Å². The number of nitrogens with zero attached hydrogens (tertiary/aromatic N) is 7. The van der Waals surface area contributed by atoms with Gasteiger partial charge in [0.25, 0.3) is 11.8 Å². The second-order valence-corrected chi connectivity index (χ2v) is 14.1.